The van der Waals surface area contributed by atoms with Crippen molar-refractivity contribution < 1.29 is 4.52 Å². The summed E-state index contributed by atoms with van der Waals surface area (Å²) in [6, 6.07) is 0.469. The molecule has 1 saturated carbocycles. The molecule has 1 aromatic heterocycles. The molecule has 2 unspecified atom stereocenters. The van der Waals surface area contributed by atoms with E-state index in [-0.39, 0.29) is 0 Å². The van der Waals surface area contributed by atoms with Gasteiger partial charge in [0.05, 0.1) is 6.54 Å². The molecule has 0 radical (unpaired) electrons. The SMILES string of the molecule is CC1CCN(Cc2noc(C3CC3)n2)C(CN)C1. The van der Waals surface area contributed by atoms with E-state index in [4.69, 9.17) is 10.3 Å². The monoisotopic (exact) mass is 250 g/mol. The van der Waals surface area contributed by atoms with Crippen LogP contribution in [0.5, 0.6) is 0 Å². The summed E-state index contributed by atoms with van der Waals surface area (Å²) in [6.45, 7) is 4.90. The van der Waals surface area contributed by atoms with Gasteiger partial charge in [-0.05, 0) is 38.1 Å². The van der Waals surface area contributed by atoms with Crippen LogP contribution in [0.4, 0.5) is 0 Å². The number of nitrogens with two attached hydrogens (primary N) is 1. The standard InChI is InChI=1S/C13H22N4O/c1-9-4-5-17(11(6-9)7-14)8-12-15-13(18-16-12)10-2-3-10/h9-11H,2-8,14H2,1H3. The number of hydrogen-bond acceptors (Lipinski definition) is 5. The Bertz CT molecular complexity index is 401. The summed E-state index contributed by atoms with van der Waals surface area (Å²) in [5.74, 6) is 2.98. The highest BCUT2D eigenvalue weighted by Crippen LogP contribution is 2.38. The third-order valence-electron chi connectivity index (χ3n) is 4.13. The zero-order chi connectivity index (χ0) is 12.5. The number of likely N-dealkylation sites (tertiary alicyclic amines) is 1. The van der Waals surface area contributed by atoms with Gasteiger partial charge >= 0.3 is 0 Å². The molecule has 2 aliphatic rings. The molecule has 2 fully saturated rings. The summed E-state index contributed by atoms with van der Waals surface area (Å²) in [5.41, 5.74) is 5.87. The minimum Gasteiger partial charge on any atom is -0.339 e. The number of nitrogens with zero attached hydrogens (tertiary/aromatic N) is 3. The van der Waals surface area contributed by atoms with Crippen LogP contribution in [0, 0.1) is 5.92 Å². The molecule has 2 N–H and O–H groups in total. The van der Waals surface area contributed by atoms with E-state index in [1.807, 2.05) is 0 Å². The van der Waals surface area contributed by atoms with Crippen molar-refractivity contribution >= 4 is 0 Å². The molecular weight excluding hydrogens is 228 g/mol. The van der Waals surface area contributed by atoms with E-state index in [1.54, 1.807) is 0 Å². The van der Waals surface area contributed by atoms with Crippen molar-refractivity contribution in [3.05, 3.63) is 11.7 Å². The van der Waals surface area contributed by atoms with Gasteiger partial charge in [0.15, 0.2) is 5.82 Å². The van der Waals surface area contributed by atoms with Gasteiger partial charge in [-0.15, -0.1) is 0 Å². The number of rotatable bonds is 4. The number of hydrogen-bond donors (Lipinski definition) is 1. The third-order valence-corrected chi connectivity index (χ3v) is 4.13. The van der Waals surface area contributed by atoms with Gasteiger partial charge in [0.2, 0.25) is 5.89 Å². The normalized spacial score (nSPS) is 29.7. The molecule has 2 heterocycles. The molecular formula is C13H22N4O. The summed E-state index contributed by atoms with van der Waals surface area (Å²) in [6.07, 6.45) is 4.83. The van der Waals surface area contributed by atoms with Crippen molar-refractivity contribution in [1.29, 1.82) is 0 Å². The smallest absolute Gasteiger partial charge is 0.229 e. The molecule has 100 valence electrons. The first-order valence-electron chi connectivity index (χ1n) is 7.03. The Morgan fingerprint density at radius 2 is 2.22 bits per heavy atom. The van der Waals surface area contributed by atoms with E-state index < -0.39 is 0 Å². The molecule has 5 heteroatoms. The second-order valence-corrected chi connectivity index (χ2v) is 5.81. The molecule has 3 rings (SSSR count). The van der Waals surface area contributed by atoms with Crippen molar-refractivity contribution in [3.63, 3.8) is 0 Å². The molecule has 5 nitrogen and oxygen atoms in total. The first kappa shape index (κ1) is 12.1. The fraction of sp³-hybridized carbons (Fsp3) is 0.846. The van der Waals surface area contributed by atoms with Gasteiger partial charge in [0.1, 0.15) is 0 Å². The largest absolute Gasteiger partial charge is 0.339 e. The van der Waals surface area contributed by atoms with Crippen LogP contribution in [-0.4, -0.2) is 34.2 Å². The lowest BCUT2D eigenvalue weighted by molar-refractivity contribution is 0.111. The van der Waals surface area contributed by atoms with Crippen LogP contribution in [0.25, 0.3) is 0 Å². The summed E-state index contributed by atoms with van der Waals surface area (Å²) in [4.78, 5) is 6.90. The Hall–Kier alpha value is -0.940. The van der Waals surface area contributed by atoms with Gasteiger partial charge in [-0.2, -0.15) is 4.98 Å². The van der Waals surface area contributed by atoms with Gasteiger partial charge < -0.3 is 10.3 Å². The molecule has 1 aliphatic carbocycles. The van der Waals surface area contributed by atoms with Crippen molar-refractivity contribution in [2.75, 3.05) is 13.1 Å². The fourth-order valence-electron chi connectivity index (χ4n) is 2.76. The highest BCUT2D eigenvalue weighted by atomic mass is 16.5. The van der Waals surface area contributed by atoms with Gasteiger partial charge in [0, 0.05) is 18.5 Å². The minimum absolute atomic E-state index is 0.469. The molecule has 0 spiro atoms. The van der Waals surface area contributed by atoms with Gasteiger partial charge in [0.25, 0.3) is 0 Å². The van der Waals surface area contributed by atoms with E-state index in [0.29, 0.717) is 12.0 Å². The van der Waals surface area contributed by atoms with E-state index in [9.17, 15) is 0 Å². The Balaban J connectivity index is 1.62. The lowest BCUT2D eigenvalue weighted by atomic mass is 9.92. The Kier molecular flexibility index (Phi) is 3.35. The van der Waals surface area contributed by atoms with Gasteiger partial charge in [-0.3, -0.25) is 4.90 Å². The molecule has 1 aliphatic heterocycles. The maximum Gasteiger partial charge on any atom is 0.229 e. The summed E-state index contributed by atoms with van der Waals surface area (Å²) in [7, 11) is 0. The summed E-state index contributed by atoms with van der Waals surface area (Å²) >= 11 is 0. The molecule has 18 heavy (non-hydrogen) atoms. The van der Waals surface area contributed by atoms with E-state index in [0.717, 1.165) is 37.3 Å². The van der Waals surface area contributed by atoms with E-state index in [2.05, 4.69) is 22.0 Å². The molecule has 1 aromatic rings. The van der Waals surface area contributed by atoms with E-state index in [1.165, 1.54) is 25.7 Å². The van der Waals surface area contributed by atoms with Crippen molar-refractivity contribution in [2.24, 2.45) is 11.7 Å². The predicted molar refractivity (Wildman–Crippen MR) is 67.9 cm³/mol. The lowest BCUT2D eigenvalue weighted by Gasteiger charge is -2.37. The lowest BCUT2D eigenvalue weighted by Crippen LogP contribution is -2.45. The molecule has 0 amide bonds. The fourth-order valence-corrected chi connectivity index (χ4v) is 2.76. The highest BCUT2D eigenvalue weighted by Gasteiger charge is 2.31. The Labute approximate surface area is 108 Å². The van der Waals surface area contributed by atoms with Crippen LogP contribution in [0.1, 0.15) is 50.2 Å². The second-order valence-electron chi connectivity index (χ2n) is 5.81. The Morgan fingerprint density at radius 3 is 2.94 bits per heavy atom. The van der Waals surface area contributed by atoms with Crippen molar-refractivity contribution in [2.45, 2.75) is 51.1 Å². The van der Waals surface area contributed by atoms with Crippen molar-refractivity contribution in [3.8, 4) is 0 Å². The maximum absolute atomic E-state index is 5.87. The zero-order valence-corrected chi connectivity index (χ0v) is 11.0. The highest BCUT2D eigenvalue weighted by molar-refractivity contribution is 5.02. The first-order valence-corrected chi connectivity index (χ1v) is 7.03. The predicted octanol–water partition coefficient (Wildman–Crippen LogP) is 1.51. The van der Waals surface area contributed by atoms with Gasteiger partial charge in [-0.25, -0.2) is 0 Å². The number of aromatic nitrogens is 2. The minimum atomic E-state index is 0.469. The second kappa shape index (κ2) is 4.97. The van der Waals surface area contributed by atoms with Crippen LogP contribution in [0.15, 0.2) is 4.52 Å². The zero-order valence-electron chi connectivity index (χ0n) is 11.0. The van der Waals surface area contributed by atoms with Crippen molar-refractivity contribution in [1.82, 2.24) is 15.0 Å². The third kappa shape index (κ3) is 2.57. The van der Waals surface area contributed by atoms with Crippen LogP contribution in [-0.2, 0) is 6.54 Å². The average Bonchev–Trinajstić information content (AvgIpc) is 3.12. The van der Waals surface area contributed by atoms with Crippen LogP contribution in [0.3, 0.4) is 0 Å². The molecule has 0 aromatic carbocycles. The van der Waals surface area contributed by atoms with Gasteiger partial charge in [-0.1, -0.05) is 12.1 Å². The number of piperidine rings is 1. The Morgan fingerprint density at radius 1 is 1.39 bits per heavy atom. The topological polar surface area (TPSA) is 68.2 Å². The first-order chi connectivity index (χ1) is 8.76. The molecule has 1 saturated heterocycles. The quantitative estimate of drug-likeness (QED) is 0.877. The molecule has 2 atom stereocenters. The summed E-state index contributed by atoms with van der Waals surface area (Å²) < 4.78 is 5.30. The van der Waals surface area contributed by atoms with E-state index >= 15 is 0 Å². The van der Waals surface area contributed by atoms with Crippen LogP contribution < -0.4 is 5.73 Å². The maximum atomic E-state index is 5.87. The van der Waals surface area contributed by atoms with Crippen LogP contribution >= 0.6 is 0 Å². The van der Waals surface area contributed by atoms with Crippen LogP contribution in [0.2, 0.25) is 0 Å². The average molecular weight is 250 g/mol. The molecule has 0 bridgehead atoms. The summed E-state index contributed by atoms with van der Waals surface area (Å²) in [5, 5.41) is 4.09.